The second-order valence-electron chi connectivity index (χ2n) is 8.39. The van der Waals surface area contributed by atoms with Crippen molar-refractivity contribution in [2.75, 3.05) is 16.0 Å². The molecular weight excluding hydrogens is 541 g/mol. The molecule has 0 aliphatic rings. The molecule has 204 valence electrons. The molecule has 0 unspecified atom stereocenters. The summed E-state index contributed by atoms with van der Waals surface area (Å²) in [7, 11) is 0. The van der Waals surface area contributed by atoms with Crippen LogP contribution in [0.3, 0.4) is 0 Å². The molecule has 0 spiro atoms. The number of thiophene rings is 1. The van der Waals surface area contributed by atoms with Crippen LogP contribution in [0.2, 0.25) is 0 Å². The van der Waals surface area contributed by atoms with Crippen molar-refractivity contribution in [2.45, 2.75) is 20.0 Å². The third-order valence-corrected chi connectivity index (χ3v) is 6.69. The number of fused-ring (bicyclic) bond motifs is 1. The Balaban J connectivity index is 1.54. The normalized spacial score (nSPS) is 12.2. The van der Waals surface area contributed by atoms with Crippen molar-refractivity contribution in [3.63, 3.8) is 0 Å². The molecule has 2 amide bonds. The van der Waals surface area contributed by atoms with Crippen LogP contribution < -0.4 is 16.0 Å². The van der Waals surface area contributed by atoms with Crippen LogP contribution in [0.1, 0.15) is 22.8 Å². The molecule has 1 aromatic carbocycles. The Morgan fingerprint density at radius 1 is 1.05 bits per heavy atom. The Morgan fingerprint density at radius 2 is 1.80 bits per heavy atom. The van der Waals surface area contributed by atoms with E-state index in [0.29, 0.717) is 38.9 Å². The lowest BCUT2D eigenvalue weighted by molar-refractivity contribution is -0.112. The van der Waals surface area contributed by atoms with Crippen LogP contribution in [0.4, 0.5) is 36.1 Å². The number of nitrogens with one attached hydrogen (secondary N) is 3. The maximum atomic E-state index is 13.2. The summed E-state index contributed by atoms with van der Waals surface area (Å²) < 4.78 is 40.0. The number of hydrogen-bond acceptors (Lipinski definition) is 7. The average molecular weight is 565 g/mol. The first-order chi connectivity index (χ1) is 19.1. The van der Waals surface area contributed by atoms with E-state index in [2.05, 4.69) is 37.5 Å². The van der Waals surface area contributed by atoms with E-state index in [1.807, 2.05) is 0 Å². The van der Waals surface area contributed by atoms with Crippen LogP contribution in [0, 0.1) is 6.92 Å². The van der Waals surface area contributed by atoms with Gasteiger partial charge in [0.2, 0.25) is 0 Å². The lowest BCUT2D eigenvalue weighted by Crippen LogP contribution is -2.17. The summed E-state index contributed by atoms with van der Waals surface area (Å²) in [6.07, 6.45) is 2.63. The van der Waals surface area contributed by atoms with Crippen molar-refractivity contribution in [1.82, 2.24) is 15.0 Å². The molecule has 0 saturated heterocycles. The SMILES string of the molecule is C=C/C(=C\C(=C/C)C(=O)Nc1ccc(C)c(NC(=O)c2csc3c(Nc4ccncc4)ncnc23)c1)C(F)(F)F. The molecule has 0 bridgehead atoms. The predicted octanol–water partition coefficient (Wildman–Crippen LogP) is 6.95. The molecule has 40 heavy (non-hydrogen) atoms. The average Bonchev–Trinajstić information content (AvgIpc) is 3.36. The van der Waals surface area contributed by atoms with Gasteiger partial charge in [-0.15, -0.1) is 11.3 Å². The first kappa shape index (κ1) is 28.2. The number of hydrogen-bond donors (Lipinski definition) is 3. The summed E-state index contributed by atoms with van der Waals surface area (Å²) in [4.78, 5) is 38.5. The number of allylic oxidation sites excluding steroid dienone is 3. The number of nitrogens with zero attached hydrogens (tertiary/aromatic N) is 3. The quantitative estimate of drug-likeness (QED) is 0.158. The number of pyridine rings is 1. The molecule has 8 nitrogen and oxygen atoms in total. The molecule has 4 aromatic rings. The molecule has 4 rings (SSSR count). The molecule has 3 N–H and O–H groups in total. The maximum Gasteiger partial charge on any atom is 0.416 e. The number of benzene rings is 1. The topological polar surface area (TPSA) is 109 Å². The molecule has 0 saturated carbocycles. The number of halogens is 3. The summed E-state index contributed by atoms with van der Waals surface area (Å²) in [6, 6.07) is 8.36. The minimum atomic E-state index is -4.65. The fraction of sp³-hybridized carbons (Fsp3) is 0.107. The zero-order valence-corrected chi connectivity index (χ0v) is 22.2. The molecule has 0 atom stereocenters. The highest BCUT2D eigenvalue weighted by atomic mass is 32.1. The summed E-state index contributed by atoms with van der Waals surface area (Å²) in [5.74, 6) is -0.633. The van der Waals surface area contributed by atoms with Gasteiger partial charge in [0, 0.05) is 40.4 Å². The van der Waals surface area contributed by atoms with E-state index in [4.69, 9.17) is 0 Å². The lowest BCUT2D eigenvalue weighted by Gasteiger charge is -2.13. The second-order valence-corrected chi connectivity index (χ2v) is 9.27. The highest BCUT2D eigenvalue weighted by Crippen LogP contribution is 2.32. The van der Waals surface area contributed by atoms with Gasteiger partial charge in [0.05, 0.1) is 21.4 Å². The molecule has 3 heterocycles. The number of alkyl halides is 3. The van der Waals surface area contributed by atoms with Crippen molar-refractivity contribution in [1.29, 1.82) is 0 Å². The largest absolute Gasteiger partial charge is 0.416 e. The van der Waals surface area contributed by atoms with Crippen LogP contribution in [0.25, 0.3) is 10.2 Å². The van der Waals surface area contributed by atoms with Crippen LogP contribution in [0.5, 0.6) is 0 Å². The summed E-state index contributed by atoms with van der Waals surface area (Å²) in [5.41, 5.74) is 1.73. The first-order valence-electron chi connectivity index (χ1n) is 11.8. The van der Waals surface area contributed by atoms with E-state index >= 15 is 0 Å². The Labute approximate surface area is 231 Å². The van der Waals surface area contributed by atoms with Crippen molar-refractivity contribution in [2.24, 2.45) is 0 Å². The van der Waals surface area contributed by atoms with Gasteiger partial charge in [-0.3, -0.25) is 14.6 Å². The molecular formula is C28H23F3N6O2S. The summed E-state index contributed by atoms with van der Waals surface area (Å²) in [6.45, 7) is 6.39. The van der Waals surface area contributed by atoms with Crippen molar-refractivity contribution in [3.8, 4) is 0 Å². The van der Waals surface area contributed by atoms with E-state index < -0.39 is 23.6 Å². The van der Waals surface area contributed by atoms with Crippen LogP contribution >= 0.6 is 11.3 Å². The Hall–Kier alpha value is -4.84. The van der Waals surface area contributed by atoms with E-state index in [-0.39, 0.29) is 11.3 Å². The third-order valence-electron chi connectivity index (χ3n) is 5.72. The highest BCUT2D eigenvalue weighted by Gasteiger charge is 2.32. The number of carbonyl (C=O) groups excluding carboxylic acids is 2. The number of aryl methyl sites for hydroxylation is 1. The van der Waals surface area contributed by atoms with Gasteiger partial charge in [-0.25, -0.2) is 9.97 Å². The zero-order chi connectivity index (χ0) is 28.9. The van der Waals surface area contributed by atoms with Crippen LogP contribution in [-0.4, -0.2) is 32.9 Å². The smallest absolute Gasteiger partial charge is 0.339 e. The number of amides is 2. The molecule has 0 radical (unpaired) electrons. The molecule has 0 fully saturated rings. The summed E-state index contributed by atoms with van der Waals surface area (Å²) >= 11 is 1.31. The Kier molecular flexibility index (Phi) is 8.39. The Bertz CT molecular complexity index is 1650. The van der Waals surface area contributed by atoms with Crippen molar-refractivity contribution < 1.29 is 22.8 Å². The van der Waals surface area contributed by atoms with E-state index in [9.17, 15) is 22.8 Å². The fourth-order valence-electron chi connectivity index (χ4n) is 3.60. The monoisotopic (exact) mass is 564 g/mol. The van der Waals surface area contributed by atoms with Crippen molar-refractivity contribution in [3.05, 3.63) is 102 Å². The van der Waals surface area contributed by atoms with E-state index in [1.54, 1.807) is 49.0 Å². The highest BCUT2D eigenvalue weighted by molar-refractivity contribution is 7.18. The maximum absolute atomic E-state index is 13.2. The first-order valence-corrected chi connectivity index (χ1v) is 12.7. The molecule has 12 heteroatoms. The van der Waals surface area contributed by atoms with Gasteiger partial charge in [-0.2, -0.15) is 13.2 Å². The molecule has 0 aliphatic heterocycles. The van der Waals surface area contributed by atoms with Crippen molar-refractivity contribution >= 4 is 56.2 Å². The van der Waals surface area contributed by atoms with Gasteiger partial charge >= 0.3 is 6.18 Å². The zero-order valence-electron chi connectivity index (χ0n) is 21.3. The van der Waals surface area contributed by atoms with Gasteiger partial charge in [0.25, 0.3) is 11.8 Å². The number of rotatable bonds is 8. The third kappa shape index (κ3) is 6.41. The fourth-order valence-corrected chi connectivity index (χ4v) is 4.55. The van der Waals surface area contributed by atoms with Gasteiger partial charge < -0.3 is 16.0 Å². The Morgan fingerprint density at radius 3 is 2.48 bits per heavy atom. The lowest BCUT2D eigenvalue weighted by atomic mass is 10.1. The number of aromatic nitrogens is 3. The van der Waals surface area contributed by atoms with Gasteiger partial charge in [-0.1, -0.05) is 24.8 Å². The number of carbonyl (C=O) groups is 2. The molecule has 3 aromatic heterocycles. The van der Waals surface area contributed by atoms with E-state index in [0.717, 1.165) is 11.8 Å². The van der Waals surface area contributed by atoms with E-state index in [1.165, 1.54) is 36.7 Å². The standard InChI is InChI=1S/C28H23F3N6O2S/c1-4-17(12-18(5-2)28(29,30)31)26(38)36-20-7-6-16(3)22(13-20)37-27(39)21-14-40-24-23(21)33-15-34-25(24)35-19-8-10-32-11-9-19/h4-15H,2H2,1,3H3,(H,36,38)(H,37,39)(H,32,33,34,35)/b17-4+,18-12+. The predicted molar refractivity (Wildman–Crippen MR) is 151 cm³/mol. The van der Waals surface area contributed by atoms with Gasteiger partial charge in [0.1, 0.15) is 6.33 Å². The van der Waals surface area contributed by atoms with Crippen LogP contribution in [-0.2, 0) is 4.79 Å². The summed E-state index contributed by atoms with van der Waals surface area (Å²) in [5, 5.41) is 10.3. The second kappa shape index (κ2) is 11.9. The van der Waals surface area contributed by atoms with Gasteiger partial charge in [-0.05, 0) is 49.8 Å². The minimum absolute atomic E-state index is 0.195. The minimum Gasteiger partial charge on any atom is -0.339 e. The molecule has 0 aliphatic carbocycles. The van der Waals surface area contributed by atoms with Gasteiger partial charge in [0.15, 0.2) is 5.82 Å². The number of anilines is 4. The van der Waals surface area contributed by atoms with Crippen LogP contribution in [0.15, 0.2) is 90.4 Å².